The summed E-state index contributed by atoms with van der Waals surface area (Å²) in [6.07, 6.45) is -6.67. The van der Waals surface area contributed by atoms with Crippen LogP contribution in [0.1, 0.15) is 18.1 Å². The number of aliphatic hydroxyl groups is 1. The molecule has 1 aliphatic heterocycles. The van der Waals surface area contributed by atoms with Crippen molar-refractivity contribution >= 4 is 12.1 Å². The van der Waals surface area contributed by atoms with E-state index >= 15 is 0 Å². The van der Waals surface area contributed by atoms with Gasteiger partial charge in [0.25, 0.3) is 0 Å². The number of hydrogen-bond acceptors (Lipinski definition) is 4. The summed E-state index contributed by atoms with van der Waals surface area (Å²) in [7, 11) is 0. The Morgan fingerprint density at radius 1 is 1.10 bits per heavy atom. The van der Waals surface area contributed by atoms with Crippen molar-refractivity contribution < 1.29 is 36.2 Å². The van der Waals surface area contributed by atoms with Gasteiger partial charge in [0.1, 0.15) is 6.33 Å². The minimum atomic E-state index is -4.98. The molecule has 1 fully saturated rings. The Kier molecular flexibility index (Phi) is 4.93. The second-order valence-corrected chi connectivity index (χ2v) is 6.85. The highest BCUT2D eigenvalue weighted by atomic mass is 19.4. The molecule has 1 N–H and O–H groups in total. The molecule has 156 valence electrons. The zero-order chi connectivity index (χ0) is 21.6. The molecule has 29 heavy (non-hydrogen) atoms. The van der Waals surface area contributed by atoms with E-state index in [-0.39, 0.29) is 25.0 Å². The zero-order valence-corrected chi connectivity index (χ0v) is 14.8. The molecule has 0 radical (unpaired) electrons. The molecule has 1 aliphatic rings. The first-order valence-electron chi connectivity index (χ1n) is 8.15. The van der Waals surface area contributed by atoms with Gasteiger partial charge >= 0.3 is 12.4 Å². The first-order valence-corrected chi connectivity index (χ1v) is 8.15. The minimum Gasteiger partial charge on any atom is -0.386 e. The molecule has 6 nitrogen and oxygen atoms in total. The first kappa shape index (κ1) is 20.8. The van der Waals surface area contributed by atoms with Crippen molar-refractivity contribution in [1.29, 1.82) is 0 Å². The highest BCUT2D eigenvalue weighted by molar-refractivity contribution is 5.90. The summed E-state index contributed by atoms with van der Waals surface area (Å²) in [5, 5.41) is 13.4. The van der Waals surface area contributed by atoms with Gasteiger partial charge in [-0.1, -0.05) is 0 Å². The van der Waals surface area contributed by atoms with Crippen molar-refractivity contribution in [3.8, 4) is 11.4 Å². The molecule has 12 heteroatoms. The molecule has 0 aliphatic carbocycles. The monoisotopic (exact) mass is 420 g/mol. The highest BCUT2D eigenvalue weighted by Crippen LogP contribution is 2.38. The molecular weight excluding hydrogens is 406 g/mol. The second-order valence-electron chi connectivity index (χ2n) is 6.85. The van der Waals surface area contributed by atoms with Crippen molar-refractivity contribution in [2.24, 2.45) is 0 Å². The molecule has 2 heterocycles. The number of alkyl halides is 6. The van der Waals surface area contributed by atoms with Crippen LogP contribution in [0.3, 0.4) is 0 Å². The number of halogens is 6. The topological polar surface area (TPSA) is 71.2 Å². The maximum atomic E-state index is 13.0. The zero-order valence-electron chi connectivity index (χ0n) is 14.8. The van der Waals surface area contributed by atoms with E-state index in [0.717, 1.165) is 23.3 Å². The number of benzene rings is 1. The smallest absolute Gasteiger partial charge is 0.386 e. The van der Waals surface area contributed by atoms with Gasteiger partial charge in [-0.15, -0.1) is 5.10 Å². The molecule has 1 saturated heterocycles. The second kappa shape index (κ2) is 6.87. The van der Waals surface area contributed by atoms with Crippen molar-refractivity contribution in [3.05, 3.63) is 41.7 Å². The van der Waals surface area contributed by atoms with Gasteiger partial charge in [0, 0.05) is 17.8 Å². The van der Waals surface area contributed by atoms with Gasteiger partial charge in [-0.05, 0) is 25.1 Å². The van der Waals surface area contributed by atoms with E-state index < -0.39 is 40.6 Å². The van der Waals surface area contributed by atoms with Crippen LogP contribution in [0.2, 0.25) is 0 Å². The van der Waals surface area contributed by atoms with Crippen LogP contribution in [-0.4, -0.2) is 49.4 Å². The molecule has 0 unspecified atom stereocenters. The van der Waals surface area contributed by atoms with E-state index in [2.05, 4.69) is 10.1 Å². The summed E-state index contributed by atoms with van der Waals surface area (Å²) < 4.78 is 78.7. The van der Waals surface area contributed by atoms with Gasteiger partial charge in [-0.25, -0.2) is 9.67 Å². The summed E-state index contributed by atoms with van der Waals surface area (Å²) in [6.45, 7) is 1.85. The fourth-order valence-corrected chi connectivity index (χ4v) is 2.74. The maximum absolute atomic E-state index is 13.0. The Labute approximate surface area is 160 Å². The maximum Gasteiger partial charge on any atom is 0.416 e. The SMILES string of the molecule is CC1(O)CN(C(=O)/C=C\n2cnc(-c3cc(C(F)(F)F)cc(C(F)(F)F)c3)n2)C1. The van der Waals surface area contributed by atoms with Crippen molar-refractivity contribution in [2.75, 3.05) is 13.1 Å². The van der Waals surface area contributed by atoms with Crippen LogP contribution in [0.5, 0.6) is 0 Å². The molecule has 0 saturated carbocycles. The average Bonchev–Trinajstić information content (AvgIpc) is 3.04. The molecular formula is C17H14F6N4O2. The summed E-state index contributed by atoms with van der Waals surface area (Å²) >= 11 is 0. The van der Waals surface area contributed by atoms with Crippen molar-refractivity contribution in [2.45, 2.75) is 24.9 Å². The molecule has 0 spiro atoms. The third kappa shape index (κ3) is 4.75. The number of carbonyl (C=O) groups is 1. The van der Waals surface area contributed by atoms with E-state index in [9.17, 15) is 36.2 Å². The van der Waals surface area contributed by atoms with E-state index in [1.807, 2.05) is 0 Å². The van der Waals surface area contributed by atoms with Crippen LogP contribution >= 0.6 is 0 Å². The van der Waals surface area contributed by atoms with Crippen LogP contribution in [0, 0.1) is 0 Å². The number of aromatic nitrogens is 3. The molecule has 1 aromatic heterocycles. The predicted molar refractivity (Wildman–Crippen MR) is 88.0 cm³/mol. The van der Waals surface area contributed by atoms with E-state index in [4.69, 9.17) is 0 Å². The number of carbonyl (C=O) groups excluding carboxylic acids is 1. The number of amides is 1. The number of hydrogen-bond donors (Lipinski definition) is 1. The standard InChI is InChI=1S/C17H14F6N4O2/c1-15(29)7-26(8-15)13(28)2-3-27-9-24-14(25-27)10-4-11(16(18,19)20)6-12(5-10)17(21,22)23/h2-6,9,29H,7-8H2,1H3/b3-2-. The largest absolute Gasteiger partial charge is 0.416 e. The lowest BCUT2D eigenvalue weighted by Gasteiger charge is -2.43. The van der Waals surface area contributed by atoms with Gasteiger partial charge in [0.2, 0.25) is 5.91 Å². The number of likely N-dealkylation sites (tertiary alicyclic amines) is 1. The van der Waals surface area contributed by atoms with Gasteiger partial charge in [-0.2, -0.15) is 26.3 Å². The molecule has 0 bridgehead atoms. The molecule has 1 amide bonds. The summed E-state index contributed by atoms with van der Waals surface area (Å²) in [4.78, 5) is 16.9. The average molecular weight is 420 g/mol. The first-order chi connectivity index (χ1) is 13.2. The minimum absolute atomic E-state index is 0.0149. The fourth-order valence-electron chi connectivity index (χ4n) is 2.74. The van der Waals surface area contributed by atoms with Crippen LogP contribution in [0.25, 0.3) is 17.6 Å². The quantitative estimate of drug-likeness (QED) is 0.612. The predicted octanol–water partition coefficient (Wildman–Crippen LogP) is 3.05. The fraction of sp³-hybridized carbons (Fsp3) is 0.353. The van der Waals surface area contributed by atoms with Crippen molar-refractivity contribution in [1.82, 2.24) is 19.7 Å². The Morgan fingerprint density at radius 2 is 1.66 bits per heavy atom. The normalized spacial score (nSPS) is 16.9. The number of β-amino-alcohol motifs (C(OH)–C–C–N with tert-alkyl or cyclic N) is 1. The van der Waals surface area contributed by atoms with Gasteiger partial charge in [0.15, 0.2) is 5.82 Å². The Bertz CT molecular complexity index is 921. The molecule has 3 rings (SSSR count). The Morgan fingerprint density at radius 3 is 2.14 bits per heavy atom. The Hall–Kier alpha value is -2.89. The van der Waals surface area contributed by atoms with Crippen LogP contribution in [0.15, 0.2) is 30.6 Å². The lowest BCUT2D eigenvalue weighted by Crippen LogP contribution is -2.61. The Balaban J connectivity index is 1.84. The molecule has 1 aromatic carbocycles. The van der Waals surface area contributed by atoms with Crippen LogP contribution in [0.4, 0.5) is 26.3 Å². The van der Waals surface area contributed by atoms with Crippen LogP contribution < -0.4 is 0 Å². The third-order valence-corrected chi connectivity index (χ3v) is 4.10. The summed E-state index contributed by atoms with van der Waals surface area (Å²) in [6, 6.07) is 1.05. The van der Waals surface area contributed by atoms with Gasteiger partial charge in [-0.3, -0.25) is 4.79 Å². The van der Waals surface area contributed by atoms with Gasteiger partial charge < -0.3 is 10.0 Å². The number of rotatable bonds is 3. The number of nitrogens with zero attached hydrogens (tertiary/aromatic N) is 4. The van der Waals surface area contributed by atoms with Gasteiger partial charge in [0.05, 0.1) is 29.8 Å². The lowest BCUT2D eigenvalue weighted by atomic mass is 9.97. The van der Waals surface area contributed by atoms with Crippen molar-refractivity contribution in [3.63, 3.8) is 0 Å². The highest BCUT2D eigenvalue weighted by Gasteiger charge is 2.39. The third-order valence-electron chi connectivity index (χ3n) is 4.10. The molecule has 0 atom stereocenters. The van der Waals surface area contributed by atoms with E-state index in [1.54, 1.807) is 6.92 Å². The summed E-state index contributed by atoms with van der Waals surface area (Å²) in [5.74, 6) is -0.808. The van der Waals surface area contributed by atoms with E-state index in [1.165, 1.54) is 4.90 Å². The summed E-state index contributed by atoms with van der Waals surface area (Å²) in [5.41, 5.74) is -4.38. The molecule has 2 aromatic rings. The lowest BCUT2D eigenvalue weighted by molar-refractivity contribution is -0.146. The van der Waals surface area contributed by atoms with Crippen LogP contribution in [-0.2, 0) is 17.1 Å². The van der Waals surface area contributed by atoms with E-state index in [0.29, 0.717) is 12.1 Å².